The third kappa shape index (κ3) is 8.18. The standard InChI is InChI=1S/C12H22O3/c1-5-15-11(13)7-9-12(2,3)8-6-10-14-4/h7,9H,5-6,8,10H2,1-4H3/b9-7+. The molecule has 0 radical (unpaired) electrons. The zero-order valence-corrected chi connectivity index (χ0v) is 10.2. The zero-order valence-electron chi connectivity index (χ0n) is 10.2. The Morgan fingerprint density at radius 2 is 2.07 bits per heavy atom. The molecule has 0 rings (SSSR count). The Labute approximate surface area is 92.5 Å². The molecule has 0 aliphatic rings. The van der Waals surface area contributed by atoms with Gasteiger partial charge < -0.3 is 9.47 Å². The van der Waals surface area contributed by atoms with E-state index < -0.39 is 0 Å². The Balaban J connectivity index is 3.94. The number of ether oxygens (including phenoxy) is 2. The Kier molecular flexibility index (Phi) is 7.05. The molecule has 0 N–H and O–H groups in total. The first-order valence-electron chi connectivity index (χ1n) is 5.37. The molecule has 3 heteroatoms. The van der Waals surface area contributed by atoms with E-state index in [0.717, 1.165) is 19.4 Å². The SMILES string of the molecule is CCOC(=O)/C=C/C(C)(C)CCCOC. The molecule has 0 unspecified atom stereocenters. The van der Waals surface area contributed by atoms with E-state index >= 15 is 0 Å². The van der Waals surface area contributed by atoms with Crippen LogP contribution in [0, 0.1) is 5.41 Å². The fourth-order valence-corrected chi connectivity index (χ4v) is 1.24. The van der Waals surface area contributed by atoms with E-state index in [2.05, 4.69) is 13.8 Å². The molecular weight excluding hydrogens is 192 g/mol. The number of rotatable bonds is 7. The second kappa shape index (κ2) is 7.46. The van der Waals surface area contributed by atoms with Crippen molar-refractivity contribution < 1.29 is 14.3 Å². The summed E-state index contributed by atoms with van der Waals surface area (Å²) in [6.07, 6.45) is 5.41. The summed E-state index contributed by atoms with van der Waals surface area (Å²) in [7, 11) is 1.70. The Hall–Kier alpha value is -0.830. The molecule has 3 nitrogen and oxygen atoms in total. The van der Waals surface area contributed by atoms with Gasteiger partial charge in [-0.3, -0.25) is 0 Å². The van der Waals surface area contributed by atoms with Crippen molar-refractivity contribution in [2.75, 3.05) is 20.3 Å². The van der Waals surface area contributed by atoms with E-state index in [1.165, 1.54) is 6.08 Å². The molecule has 0 atom stereocenters. The van der Waals surface area contributed by atoms with Gasteiger partial charge in [0.15, 0.2) is 0 Å². The van der Waals surface area contributed by atoms with Gasteiger partial charge in [-0.15, -0.1) is 0 Å². The topological polar surface area (TPSA) is 35.5 Å². The normalized spacial score (nSPS) is 12.0. The monoisotopic (exact) mass is 214 g/mol. The van der Waals surface area contributed by atoms with Crippen LogP contribution in [0.2, 0.25) is 0 Å². The molecule has 0 spiro atoms. The van der Waals surface area contributed by atoms with Crippen molar-refractivity contribution in [1.82, 2.24) is 0 Å². The van der Waals surface area contributed by atoms with Gasteiger partial charge in [0.25, 0.3) is 0 Å². The van der Waals surface area contributed by atoms with Crippen LogP contribution in [-0.4, -0.2) is 26.3 Å². The van der Waals surface area contributed by atoms with E-state index in [1.807, 2.05) is 6.08 Å². The van der Waals surface area contributed by atoms with E-state index in [9.17, 15) is 4.79 Å². The molecule has 0 aromatic heterocycles. The summed E-state index contributed by atoms with van der Waals surface area (Å²) in [5.41, 5.74) is 0.0191. The lowest BCUT2D eigenvalue weighted by Gasteiger charge is -2.19. The second-order valence-electron chi connectivity index (χ2n) is 4.17. The van der Waals surface area contributed by atoms with Crippen LogP contribution in [0.3, 0.4) is 0 Å². The summed E-state index contributed by atoms with van der Waals surface area (Å²) in [5, 5.41) is 0. The van der Waals surface area contributed by atoms with Crippen LogP contribution < -0.4 is 0 Å². The number of carbonyl (C=O) groups is 1. The molecule has 15 heavy (non-hydrogen) atoms. The fourth-order valence-electron chi connectivity index (χ4n) is 1.24. The van der Waals surface area contributed by atoms with Crippen molar-refractivity contribution in [2.24, 2.45) is 5.41 Å². The molecule has 88 valence electrons. The van der Waals surface area contributed by atoms with Gasteiger partial charge in [-0.1, -0.05) is 19.9 Å². The average Bonchev–Trinajstić information content (AvgIpc) is 2.16. The van der Waals surface area contributed by atoms with Crippen molar-refractivity contribution >= 4 is 5.97 Å². The Morgan fingerprint density at radius 3 is 2.60 bits per heavy atom. The Bertz CT molecular complexity index is 207. The molecule has 0 amide bonds. The predicted molar refractivity (Wildman–Crippen MR) is 60.7 cm³/mol. The lowest BCUT2D eigenvalue weighted by Crippen LogP contribution is -2.10. The summed E-state index contributed by atoms with van der Waals surface area (Å²) in [6, 6.07) is 0. The second-order valence-corrected chi connectivity index (χ2v) is 4.17. The first kappa shape index (κ1) is 14.2. The van der Waals surface area contributed by atoms with Gasteiger partial charge in [-0.05, 0) is 25.2 Å². The molecule has 0 aromatic rings. The number of hydrogen-bond acceptors (Lipinski definition) is 3. The largest absolute Gasteiger partial charge is 0.463 e. The summed E-state index contributed by atoms with van der Waals surface area (Å²) >= 11 is 0. The highest BCUT2D eigenvalue weighted by Gasteiger charge is 2.13. The minimum Gasteiger partial charge on any atom is -0.463 e. The average molecular weight is 214 g/mol. The van der Waals surface area contributed by atoms with Gasteiger partial charge in [0, 0.05) is 19.8 Å². The van der Waals surface area contributed by atoms with Crippen LogP contribution in [0.5, 0.6) is 0 Å². The summed E-state index contributed by atoms with van der Waals surface area (Å²) in [5.74, 6) is -0.266. The minimum absolute atomic E-state index is 0.0191. The smallest absolute Gasteiger partial charge is 0.330 e. The van der Waals surface area contributed by atoms with Crippen molar-refractivity contribution in [3.05, 3.63) is 12.2 Å². The molecule has 0 saturated heterocycles. The first-order valence-corrected chi connectivity index (χ1v) is 5.37. The van der Waals surface area contributed by atoms with Crippen LogP contribution in [0.1, 0.15) is 33.6 Å². The summed E-state index contributed by atoms with van der Waals surface area (Å²) in [6.45, 7) is 7.18. The predicted octanol–water partition coefficient (Wildman–Crippen LogP) is 2.56. The molecule has 0 heterocycles. The Morgan fingerprint density at radius 1 is 1.40 bits per heavy atom. The van der Waals surface area contributed by atoms with Gasteiger partial charge in [0.05, 0.1) is 6.61 Å². The van der Waals surface area contributed by atoms with E-state index in [0.29, 0.717) is 6.61 Å². The molecule has 0 aliphatic carbocycles. The lowest BCUT2D eigenvalue weighted by atomic mass is 9.87. The summed E-state index contributed by atoms with van der Waals surface area (Å²) in [4.78, 5) is 11.1. The van der Waals surface area contributed by atoms with Crippen LogP contribution in [0.4, 0.5) is 0 Å². The van der Waals surface area contributed by atoms with Gasteiger partial charge in [-0.25, -0.2) is 4.79 Å². The van der Waals surface area contributed by atoms with Crippen molar-refractivity contribution in [2.45, 2.75) is 33.6 Å². The van der Waals surface area contributed by atoms with Crippen LogP contribution >= 0.6 is 0 Å². The fraction of sp³-hybridized carbons (Fsp3) is 0.750. The first-order chi connectivity index (χ1) is 7.02. The third-order valence-electron chi connectivity index (χ3n) is 2.13. The van der Waals surface area contributed by atoms with Crippen LogP contribution in [0.15, 0.2) is 12.2 Å². The van der Waals surface area contributed by atoms with Crippen molar-refractivity contribution in [3.63, 3.8) is 0 Å². The number of carbonyl (C=O) groups excluding carboxylic acids is 1. The lowest BCUT2D eigenvalue weighted by molar-refractivity contribution is -0.137. The molecule has 0 aromatic carbocycles. The van der Waals surface area contributed by atoms with Gasteiger partial charge in [-0.2, -0.15) is 0 Å². The maximum atomic E-state index is 11.1. The number of hydrogen-bond donors (Lipinski definition) is 0. The van der Waals surface area contributed by atoms with Crippen LogP contribution in [0.25, 0.3) is 0 Å². The summed E-state index contributed by atoms with van der Waals surface area (Å²) < 4.78 is 9.80. The maximum absolute atomic E-state index is 11.1. The van der Waals surface area contributed by atoms with Gasteiger partial charge >= 0.3 is 5.97 Å². The van der Waals surface area contributed by atoms with Crippen molar-refractivity contribution in [1.29, 1.82) is 0 Å². The zero-order chi connectivity index (χ0) is 11.7. The highest BCUT2D eigenvalue weighted by atomic mass is 16.5. The van der Waals surface area contributed by atoms with Gasteiger partial charge in [0.2, 0.25) is 0 Å². The van der Waals surface area contributed by atoms with Gasteiger partial charge in [0.1, 0.15) is 0 Å². The van der Waals surface area contributed by atoms with E-state index in [-0.39, 0.29) is 11.4 Å². The number of esters is 1. The molecular formula is C12H22O3. The molecule has 0 aliphatic heterocycles. The number of allylic oxidation sites excluding steroid dienone is 1. The van der Waals surface area contributed by atoms with Crippen molar-refractivity contribution in [3.8, 4) is 0 Å². The van der Waals surface area contributed by atoms with Crippen LogP contribution in [-0.2, 0) is 14.3 Å². The molecule has 0 saturated carbocycles. The maximum Gasteiger partial charge on any atom is 0.330 e. The van der Waals surface area contributed by atoms with E-state index in [4.69, 9.17) is 9.47 Å². The molecule has 0 fully saturated rings. The number of methoxy groups -OCH3 is 1. The highest BCUT2D eigenvalue weighted by Crippen LogP contribution is 2.23. The minimum atomic E-state index is -0.266. The third-order valence-corrected chi connectivity index (χ3v) is 2.13. The highest BCUT2D eigenvalue weighted by molar-refractivity contribution is 5.81. The molecule has 0 bridgehead atoms. The van der Waals surface area contributed by atoms with E-state index in [1.54, 1.807) is 14.0 Å². The quantitative estimate of drug-likeness (QED) is 0.371.